The normalized spacial score (nSPS) is 20.1. The molecule has 198 valence electrons. The smallest absolute Gasteiger partial charge is 0.449 e. The van der Waals surface area contributed by atoms with E-state index in [0.717, 1.165) is 25.5 Å². The summed E-state index contributed by atoms with van der Waals surface area (Å²) < 4.78 is 54.9. The van der Waals surface area contributed by atoms with Crippen molar-refractivity contribution in [2.24, 2.45) is 7.05 Å². The third-order valence-corrected chi connectivity index (χ3v) is 7.17. The maximum Gasteiger partial charge on any atom is 0.449 e. The second-order valence-electron chi connectivity index (χ2n) is 9.74. The van der Waals surface area contributed by atoms with Crippen molar-refractivity contribution < 1.29 is 22.6 Å². The molecule has 2 atom stereocenters. The van der Waals surface area contributed by atoms with Gasteiger partial charge in [-0.15, -0.1) is 0 Å². The van der Waals surface area contributed by atoms with Crippen molar-refractivity contribution in [3.63, 3.8) is 0 Å². The van der Waals surface area contributed by atoms with Crippen LogP contribution in [0.1, 0.15) is 60.8 Å². The first kappa shape index (κ1) is 24.5. The largest absolute Gasteiger partial charge is 0.481 e. The Morgan fingerprint density at radius 2 is 1.95 bits per heavy atom. The Labute approximate surface area is 215 Å². The van der Waals surface area contributed by atoms with Gasteiger partial charge in [-0.3, -0.25) is 19.0 Å². The number of aromatic nitrogens is 6. The van der Waals surface area contributed by atoms with Crippen LogP contribution in [0.4, 0.5) is 13.2 Å². The molecule has 9 nitrogen and oxygen atoms in total. The zero-order valence-corrected chi connectivity index (χ0v) is 20.8. The lowest BCUT2D eigenvalue weighted by Gasteiger charge is -2.29. The van der Waals surface area contributed by atoms with Gasteiger partial charge in [-0.1, -0.05) is 0 Å². The van der Waals surface area contributed by atoms with Crippen molar-refractivity contribution in [3.05, 3.63) is 64.2 Å². The van der Waals surface area contributed by atoms with Gasteiger partial charge in [0, 0.05) is 54.9 Å². The lowest BCUT2D eigenvalue weighted by molar-refractivity contribution is -0.147. The van der Waals surface area contributed by atoms with Gasteiger partial charge in [0.15, 0.2) is 0 Å². The van der Waals surface area contributed by atoms with Gasteiger partial charge in [-0.2, -0.15) is 18.3 Å². The van der Waals surface area contributed by atoms with E-state index in [1.54, 1.807) is 18.2 Å². The van der Waals surface area contributed by atoms with Crippen LogP contribution >= 0.6 is 0 Å². The van der Waals surface area contributed by atoms with E-state index < -0.39 is 17.6 Å². The number of hydrogen-bond donors (Lipinski definition) is 0. The first-order chi connectivity index (χ1) is 18.2. The summed E-state index contributed by atoms with van der Waals surface area (Å²) in [5.74, 6) is -1.03. The van der Waals surface area contributed by atoms with E-state index in [-0.39, 0.29) is 28.6 Å². The minimum atomic E-state index is -4.81. The molecule has 0 N–H and O–H groups in total. The highest BCUT2D eigenvalue weighted by Gasteiger charge is 2.37. The molecule has 4 aromatic heterocycles. The molecule has 0 radical (unpaired) electrons. The second-order valence-corrected chi connectivity index (χ2v) is 9.74. The van der Waals surface area contributed by atoms with Gasteiger partial charge in [0.05, 0.1) is 36.5 Å². The number of ether oxygens (including phenoxy) is 2. The van der Waals surface area contributed by atoms with Crippen LogP contribution in [0, 0.1) is 0 Å². The van der Waals surface area contributed by atoms with Crippen molar-refractivity contribution in [2.75, 3.05) is 13.7 Å². The summed E-state index contributed by atoms with van der Waals surface area (Å²) in [7, 11) is 2.54. The number of alkyl halides is 3. The molecule has 2 fully saturated rings. The fraction of sp³-hybridized carbons (Fsp3) is 0.423. The highest BCUT2D eigenvalue weighted by Crippen LogP contribution is 2.40. The molecule has 0 bridgehead atoms. The molecule has 1 aliphatic carbocycles. The first-order valence-electron chi connectivity index (χ1n) is 12.4. The van der Waals surface area contributed by atoms with Crippen LogP contribution in [0.15, 0.2) is 41.6 Å². The Morgan fingerprint density at radius 3 is 2.63 bits per heavy atom. The van der Waals surface area contributed by atoms with Crippen molar-refractivity contribution >= 4 is 10.9 Å². The summed E-state index contributed by atoms with van der Waals surface area (Å²) in [5, 5.41) is 4.54. The minimum absolute atomic E-state index is 0.0703. The summed E-state index contributed by atoms with van der Waals surface area (Å²) in [6.45, 7) is 0.479. The monoisotopic (exact) mass is 526 g/mol. The number of rotatable bonds is 5. The molecule has 0 amide bonds. The van der Waals surface area contributed by atoms with E-state index in [1.165, 1.54) is 13.3 Å². The van der Waals surface area contributed by atoms with Crippen LogP contribution in [0.2, 0.25) is 0 Å². The van der Waals surface area contributed by atoms with Crippen LogP contribution in [-0.2, 0) is 18.0 Å². The summed E-state index contributed by atoms with van der Waals surface area (Å²) in [5.41, 5.74) is 1.27. The minimum Gasteiger partial charge on any atom is -0.481 e. The van der Waals surface area contributed by atoms with Crippen LogP contribution < -0.4 is 10.3 Å². The van der Waals surface area contributed by atoms with Gasteiger partial charge < -0.3 is 9.47 Å². The van der Waals surface area contributed by atoms with Crippen molar-refractivity contribution in [1.29, 1.82) is 0 Å². The van der Waals surface area contributed by atoms with Gasteiger partial charge in [-0.05, 0) is 37.8 Å². The quantitative estimate of drug-likeness (QED) is 0.375. The van der Waals surface area contributed by atoms with Crippen molar-refractivity contribution in [2.45, 2.75) is 49.9 Å². The summed E-state index contributed by atoms with van der Waals surface area (Å²) in [6.07, 6.45) is 3.79. The molecule has 6 rings (SSSR count). The molecule has 2 aliphatic rings. The molecule has 0 spiro atoms. The van der Waals surface area contributed by atoms with Crippen molar-refractivity contribution in [3.8, 4) is 17.1 Å². The van der Waals surface area contributed by atoms with Gasteiger partial charge in [0.2, 0.25) is 11.7 Å². The van der Waals surface area contributed by atoms with Crippen molar-refractivity contribution in [1.82, 2.24) is 29.3 Å². The predicted molar refractivity (Wildman–Crippen MR) is 131 cm³/mol. The Hall–Kier alpha value is -3.80. The van der Waals surface area contributed by atoms with Crippen LogP contribution in [0.5, 0.6) is 5.88 Å². The highest BCUT2D eigenvalue weighted by molar-refractivity contribution is 5.91. The molecular weight excluding hydrogens is 501 g/mol. The number of halogens is 3. The van der Waals surface area contributed by atoms with E-state index in [4.69, 9.17) is 14.5 Å². The molecule has 1 aliphatic heterocycles. The molecule has 1 saturated carbocycles. The lowest BCUT2D eigenvalue weighted by Crippen LogP contribution is -2.28. The van der Waals surface area contributed by atoms with Gasteiger partial charge in [0.1, 0.15) is 5.52 Å². The number of pyridine rings is 2. The van der Waals surface area contributed by atoms with Crippen LogP contribution in [0.25, 0.3) is 22.2 Å². The average molecular weight is 527 g/mol. The number of fused-ring (bicyclic) bond motifs is 1. The van der Waals surface area contributed by atoms with E-state index in [9.17, 15) is 18.0 Å². The maximum absolute atomic E-state index is 13.7. The van der Waals surface area contributed by atoms with Gasteiger partial charge in [-0.25, -0.2) is 9.97 Å². The molecule has 4 aromatic rings. The third kappa shape index (κ3) is 4.42. The fourth-order valence-electron chi connectivity index (χ4n) is 4.95. The molecule has 0 aromatic carbocycles. The molecule has 38 heavy (non-hydrogen) atoms. The topological polar surface area (TPSA) is 97.0 Å². The summed E-state index contributed by atoms with van der Waals surface area (Å²) in [4.78, 5) is 26.0. The number of nitrogens with zero attached hydrogens (tertiary/aromatic N) is 6. The number of hydrogen-bond acceptors (Lipinski definition) is 7. The SMILES string of the molecule is COc1ccc(-c2nc([C@H]3CCO[C@H](c4cnn(C5CC5)c4)C3)cc3c(=O)n(C)c(C(F)(F)F)nc23)cn1. The van der Waals surface area contributed by atoms with Gasteiger partial charge >= 0.3 is 6.18 Å². The van der Waals surface area contributed by atoms with E-state index in [0.29, 0.717) is 47.2 Å². The summed E-state index contributed by atoms with van der Waals surface area (Å²) >= 11 is 0. The number of methoxy groups -OCH3 is 1. The zero-order chi connectivity index (χ0) is 26.6. The van der Waals surface area contributed by atoms with E-state index in [1.807, 2.05) is 17.1 Å². The molecule has 5 heterocycles. The maximum atomic E-state index is 13.7. The standard InChI is InChI=1S/C26H25F3N6O3/c1-34-24(36)18-10-19(14-7-8-38-20(9-14)16-12-31-35(13-16)17-4-5-17)32-22(15-3-6-21(37-2)30-11-15)23(18)33-25(34)26(27,28)29/h3,6,10-14,17,20H,4-5,7-9H2,1-2H3/t14-,20-/m0/s1. The van der Waals surface area contributed by atoms with E-state index in [2.05, 4.69) is 15.1 Å². The predicted octanol–water partition coefficient (Wildman–Crippen LogP) is 4.58. The first-order valence-corrected chi connectivity index (χ1v) is 12.4. The Bertz CT molecular complexity index is 1560. The Balaban J connectivity index is 1.46. The molecule has 1 saturated heterocycles. The van der Waals surface area contributed by atoms with Crippen LogP contribution in [0.3, 0.4) is 0 Å². The molecule has 12 heteroatoms. The fourth-order valence-corrected chi connectivity index (χ4v) is 4.95. The zero-order valence-electron chi connectivity index (χ0n) is 20.8. The highest BCUT2D eigenvalue weighted by atomic mass is 19.4. The Kier molecular flexibility index (Phi) is 5.93. The Morgan fingerprint density at radius 1 is 1.13 bits per heavy atom. The lowest BCUT2D eigenvalue weighted by atomic mass is 9.89. The van der Waals surface area contributed by atoms with Crippen LogP contribution in [-0.4, -0.2) is 43.0 Å². The van der Waals surface area contributed by atoms with Gasteiger partial charge in [0.25, 0.3) is 5.56 Å². The molecule has 0 unspecified atom stereocenters. The third-order valence-electron chi connectivity index (χ3n) is 7.17. The molecular formula is C26H25F3N6O3. The second kappa shape index (κ2) is 9.19. The van der Waals surface area contributed by atoms with E-state index >= 15 is 0 Å². The summed E-state index contributed by atoms with van der Waals surface area (Å²) in [6, 6.07) is 5.26. The average Bonchev–Trinajstić information content (AvgIpc) is 3.65.